The standard InChI is InChI=1S/C18H20BrN3O2/c19-14-4-1-3-13(9-14)10-18(23)22-15-6-7-17(20-11-15)21-12-16-5-2-8-24-16/h1,3-4,6-7,9,11,16H,2,5,8,10,12H2,(H,20,21)(H,22,23). The largest absolute Gasteiger partial charge is 0.376 e. The number of pyridine rings is 1. The highest BCUT2D eigenvalue weighted by Gasteiger charge is 2.14. The molecular formula is C18H20BrN3O2. The van der Waals surface area contributed by atoms with E-state index in [4.69, 9.17) is 4.74 Å². The fourth-order valence-corrected chi connectivity index (χ4v) is 3.08. The van der Waals surface area contributed by atoms with Crippen LogP contribution in [0.25, 0.3) is 0 Å². The van der Waals surface area contributed by atoms with Crippen LogP contribution in [0.15, 0.2) is 47.1 Å². The van der Waals surface area contributed by atoms with Gasteiger partial charge in [0.15, 0.2) is 0 Å². The number of hydrogen-bond acceptors (Lipinski definition) is 4. The molecule has 2 N–H and O–H groups in total. The van der Waals surface area contributed by atoms with Gasteiger partial charge < -0.3 is 15.4 Å². The number of carbonyl (C=O) groups is 1. The lowest BCUT2D eigenvalue weighted by atomic mass is 10.1. The van der Waals surface area contributed by atoms with Crippen LogP contribution in [0, 0.1) is 0 Å². The normalized spacial score (nSPS) is 16.8. The zero-order valence-electron chi connectivity index (χ0n) is 13.3. The van der Waals surface area contributed by atoms with Crippen LogP contribution in [-0.2, 0) is 16.0 Å². The summed E-state index contributed by atoms with van der Waals surface area (Å²) in [7, 11) is 0. The lowest BCUT2D eigenvalue weighted by Gasteiger charge is -2.11. The first-order chi connectivity index (χ1) is 11.7. The number of halogens is 1. The van der Waals surface area contributed by atoms with Crippen LogP contribution in [-0.4, -0.2) is 30.1 Å². The van der Waals surface area contributed by atoms with Crippen molar-refractivity contribution in [1.82, 2.24) is 4.98 Å². The molecule has 1 amide bonds. The average Bonchev–Trinajstić information content (AvgIpc) is 3.07. The summed E-state index contributed by atoms with van der Waals surface area (Å²) in [5, 5.41) is 6.12. The van der Waals surface area contributed by atoms with E-state index >= 15 is 0 Å². The van der Waals surface area contributed by atoms with Gasteiger partial charge in [-0.1, -0.05) is 28.1 Å². The summed E-state index contributed by atoms with van der Waals surface area (Å²) in [6.07, 6.45) is 4.49. The maximum absolute atomic E-state index is 12.1. The molecule has 3 rings (SSSR count). The number of rotatable bonds is 6. The van der Waals surface area contributed by atoms with Crippen molar-refractivity contribution in [3.05, 3.63) is 52.6 Å². The Bertz CT molecular complexity index is 685. The molecule has 0 aliphatic carbocycles. The van der Waals surface area contributed by atoms with E-state index in [2.05, 4.69) is 31.5 Å². The predicted octanol–water partition coefficient (Wildman–Crippen LogP) is 3.62. The molecule has 0 saturated carbocycles. The number of nitrogens with one attached hydrogen (secondary N) is 2. The minimum Gasteiger partial charge on any atom is -0.376 e. The van der Waals surface area contributed by atoms with Gasteiger partial charge in [0.2, 0.25) is 5.91 Å². The van der Waals surface area contributed by atoms with Gasteiger partial charge in [-0.3, -0.25) is 4.79 Å². The van der Waals surface area contributed by atoms with E-state index in [0.717, 1.165) is 41.8 Å². The lowest BCUT2D eigenvalue weighted by molar-refractivity contribution is -0.115. The number of aromatic nitrogens is 1. The molecule has 1 aliphatic heterocycles. The molecule has 1 aromatic carbocycles. The van der Waals surface area contributed by atoms with Gasteiger partial charge in [0.25, 0.3) is 0 Å². The van der Waals surface area contributed by atoms with E-state index in [-0.39, 0.29) is 12.0 Å². The van der Waals surface area contributed by atoms with Crippen LogP contribution in [0.3, 0.4) is 0 Å². The first kappa shape index (κ1) is 16.9. The van der Waals surface area contributed by atoms with E-state index in [0.29, 0.717) is 12.1 Å². The molecule has 1 fully saturated rings. The highest BCUT2D eigenvalue weighted by atomic mass is 79.9. The smallest absolute Gasteiger partial charge is 0.228 e. The van der Waals surface area contributed by atoms with Crippen LogP contribution in [0.5, 0.6) is 0 Å². The fraction of sp³-hybridized carbons (Fsp3) is 0.333. The molecular weight excluding hydrogens is 370 g/mol. The van der Waals surface area contributed by atoms with Gasteiger partial charge in [0, 0.05) is 17.6 Å². The molecule has 0 radical (unpaired) electrons. The summed E-state index contributed by atoms with van der Waals surface area (Å²) >= 11 is 3.41. The van der Waals surface area contributed by atoms with E-state index in [1.54, 1.807) is 6.20 Å². The molecule has 2 aromatic rings. The molecule has 1 saturated heterocycles. The quantitative estimate of drug-likeness (QED) is 0.791. The van der Waals surface area contributed by atoms with Gasteiger partial charge in [-0.2, -0.15) is 0 Å². The summed E-state index contributed by atoms with van der Waals surface area (Å²) in [6.45, 7) is 1.62. The van der Waals surface area contributed by atoms with Crippen LogP contribution < -0.4 is 10.6 Å². The summed E-state index contributed by atoms with van der Waals surface area (Å²) in [5.41, 5.74) is 1.65. The lowest BCUT2D eigenvalue weighted by Crippen LogP contribution is -2.19. The van der Waals surface area contributed by atoms with Crippen molar-refractivity contribution in [2.45, 2.75) is 25.4 Å². The third-order valence-electron chi connectivity index (χ3n) is 3.84. The fourth-order valence-electron chi connectivity index (χ4n) is 2.63. The predicted molar refractivity (Wildman–Crippen MR) is 98.2 cm³/mol. The van der Waals surface area contributed by atoms with Gasteiger partial charge in [-0.05, 0) is 42.7 Å². The number of amides is 1. The maximum atomic E-state index is 12.1. The first-order valence-corrected chi connectivity index (χ1v) is 8.84. The molecule has 6 heteroatoms. The van der Waals surface area contributed by atoms with E-state index in [1.807, 2.05) is 36.4 Å². The molecule has 1 atom stereocenters. The molecule has 1 unspecified atom stereocenters. The number of hydrogen-bond donors (Lipinski definition) is 2. The average molecular weight is 390 g/mol. The molecule has 2 heterocycles. The van der Waals surface area contributed by atoms with E-state index < -0.39 is 0 Å². The van der Waals surface area contributed by atoms with E-state index in [1.165, 1.54) is 0 Å². The monoisotopic (exact) mass is 389 g/mol. The molecule has 126 valence electrons. The number of benzene rings is 1. The van der Waals surface area contributed by atoms with Crippen LogP contribution in [0.1, 0.15) is 18.4 Å². The Kier molecular flexibility index (Phi) is 5.82. The highest BCUT2D eigenvalue weighted by molar-refractivity contribution is 9.10. The summed E-state index contributed by atoms with van der Waals surface area (Å²) in [6, 6.07) is 11.4. The van der Waals surface area contributed by atoms with Crippen molar-refractivity contribution in [3.63, 3.8) is 0 Å². The second-order valence-corrected chi connectivity index (χ2v) is 6.72. The van der Waals surface area contributed by atoms with E-state index in [9.17, 15) is 4.79 Å². The Morgan fingerprint density at radius 1 is 1.33 bits per heavy atom. The Hall–Kier alpha value is -1.92. The molecule has 24 heavy (non-hydrogen) atoms. The molecule has 1 aliphatic rings. The van der Waals surface area contributed by atoms with Crippen molar-refractivity contribution >= 4 is 33.3 Å². The molecule has 5 nitrogen and oxygen atoms in total. The van der Waals surface area contributed by atoms with Crippen molar-refractivity contribution < 1.29 is 9.53 Å². The third kappa shape index (κ3) is 5.04. The SMILES string of the molecule is O=C(Cc1cccc(Br)c1)Nc1ccc(NCC2CCCO2)nc1. The maximum Gasteiger partial charge on any atom is 0.228 e. The zero-order valence-corrected chi connectivity index (χ0v) is 14.9. The minimum absolute atomic E-state index is 0.0602. The minimum atomic E-state index is -0.0602. The summed E-state index contributed by atoms with van der Waals surface area (Å²) in [4.78, 5) is 16.4. The van der Waals surface area contributed by atoms with Crippen molar-refractivity contribution in [2.75, 3.05) is 23.8 Å². The van der Waals surface area contributed by atoms with Crippen LogP contribution in [0.4, 0.5) is 11.5 Å². The number of anilines is 2. The van der Waals surface area contributed by atoms with Crippen molar-refractivity contribution in [3.8, 4) is 0 Å². The molecule has 0 bridgehead atoms. The Labute approximate surface area is 149 Å². The zero-order chi connectivity index (χ0) is 16.8. The van der Waals surface area contributed by atoms with Crippen molar-refractivity contribution in [2.24, 2.45) is 0 Å². The van der Waals surface area contributed by atoms with Gasteiger partial charge in [0.1, 0.15) is 5.82 Å². The first-order valence-electron chi connectivity index (χ1n) is 8.05. The second-order valence-electron chi connectivity index (χ2n) is 5.80. The highest BCUT2D eigenvalue weighted by Crippen LogP contribution is 2.15. The van der Waals surface area contributed by atoms with Gasteiger partial charge in [0.05, 0.1) is 24.4 Å². The van der Waals surface area contributed by atoms with Crippen LogP contribution >= 0.6 is 15.9 Å². The van der Waals surface area contributed by atoms with Gasteiger partial charge >= 0.3 is 0 Å². The summed E-state index contributed by atoms with van der Waals surface area (Å²) in [5.74, 6) is 0.727. The molecule has 1 aromatic heterocycles. The van der Waals surface area contributed by atoms with Crippen LogP contribution in [0.2, 0.25) is 0 Å². The van der Waals surface area contributed by atoms with Crippen molar-refractivity contribution in [1.29, 1.82) is 0 Å². The van der Waals surface area contributed by atoms with Gasteiger partial charge in [-0.15, -0.1) is 0 Å². The number of ether oxygens (including phenoxy) is 1. The Morgan fingerprint density at radius 3 is 2.96 bits per heavy atom. The third-order valence-corrected chi connectivity index (χ3v) is 4.33. The van der Waals surface area contributed by atoms with Gasteiger partial charge in [-0.25, -0.2) is 4.98 Å². The number of carbonyl (C=O) groups excluding carboxylic acids is 1. The summed E-state index contributed by atoms with van der Waals surface area (Å²) < 4.78 is 6.53. The second kappa shape index (κ2) is 8.26. The topological polar surface area (TPSA) is 63.2 Å². The number of nitrogens with zero attached hydrogens (tertiary/aromatic N) is 1. The Morgan fingerprint density at radius 2 is 2.25 bits per heavy atom. The molecule has 0 spiro atoms. The Balaban J connectivity index is 1.49.